The SMILES string of the molecule is CC(=O)NCCOC(=O)Nc1cc2cccnc2cn1. The van der Waals surface area contributed by atoms with Gasteiger partial charge in [-0.15, -0.1) is 0 Å². The molecule has 0 aliphatic rings. The number of pyridine rings is 2. The van der Waals surface area contributed by atoms with Gasteiger partial charge in [0, 0.05) is 18.5 Å². The van der Waals surface area contributed by atoms with Crippen LogP contribution in [0.25, 0.3) is 10.9 Å². The van der Waals surface area contributed by atoms with E-state index in [0.29, 0.717) is 5.82 Å². The van der Waals surface area contributed by atoms with Crippen LogP contribution in [0.2, 0.25) is 0 Å². The molecule has 0 saturated carbocycles. The minimum atomic E-state index is -0.619. The molecule has 0 aromatic carbocycles. The largest absolute Gasteiger partial charge is 0.447 e. The van der Waals surface area contributed by atoms with Crippen LogP contribution >= 0.6 is 0 Å². The van der Waals surface area contributed by atoms with Crippen LogP contribution in [0.3, 0.4) is 0 Å². The number of carbonyl (C=O) groups is 2. The Labute approximate surface area is 115 Å². The lowest BCUT2D eigenvalue weighted by molar-refractivity contribution is -0.119. The molecule has 0 fully saturated rings. The Morgan fingerprint density at radius 3 is 3.00 bits per heavy atom. The highest BCUT2D eigenvalue weighted by atomic mass is 16.5. The molecule has 2 N–H and O–H groups in total. The van der Waals surface area contributed by atoms with Gasteiger partial charge in [-0.25, -0.2) is 9.78 Å². The molecule has 7 heteroatoms. The van der Waals surface area contributed by atoms with Gasteiger partial charge in [0.2, 0.25) is 5.91 Å². The number of ether oxygens (including phenoxy) is 1. The van der Waals surface area contributed by atoms with Gasteiger partial charge in [-0.05, 0) is 12.1 Å². The third-order valence-corrected chi connectivity index (χ3v) is 2.43. The molecule has 0 radical (unpaired) electrons. The van der Waals surface area contributed by atoms with Crippen LogP contribution in [-0.2, 0) is 9.53 Å². The van der Waals surface area contributed by atoms with Gasteiger partial charge < -0.3 is 10.1 Å². The highest BCUT2D eigenvalue weighted by Crippen LogP contribution is 2.13. The first-order valence-electron chi connectivity index (χ1n) is 6.04. The fourth-order valence-corrected chi connectivity index (χ4v) is 1.55. The number of fused-ring (bicyclic) bond motifs is 1. The Morgan fingerprint density at radius 1 is 1.35 bits per heavy atom. The van der Waals surface area contributed by atoms with Gasteiger partial charge in [0.25, 0.3) is 0 Å². The van der Waals surface area contributed by atoms with Crippen molar-refractivity contribution in [3.63, 3.8) is 0 Å². The molecule has 104 valence electrons. The predicted molar refractivity (Wildman–Crippen MR) is 73.2 cm³/mol. The van der Waals surface area contributed by atoms with Crippen LogP contribution < -0.4 is 10.6 Å². The van der Waals surface area contributed by atoms with E-state index in [2.05, 4.69) is 20.6 Å². The first kappa shape index (κ1) is 13.7. The molecule has 0 spiro atoms. The molecule has 2 aromatic rings. The van der Waals surface area contributed by atoms with Crippen LogP contribution in [0.15, 0.2) is 30.6 Å². The second-order valence-electron chi connectivity index (χ2n) is 4.01. The van der Waals surface area contributed by atoms with Crippen LogP contribution in [0, 0.1) is 0 Å². The van der Waals surface area contributed by atoms with Crippen LogP contribution in [-0.4, -0.2) is 35.1 Å². The molecule has 0 bridgehead atoms. The Morgan fingerprint density at radius 2 is 2.20 bits per heavy atom. The third kappa shape index (κ3) is 3.91. The summed E-state index contributed by atoms with van der Waals surface area (Å²) in [5.74, 6) is 0.215. The van der Waals surface area contributed by atoms with E-state index >= 15 is 0 Å². The molecule has 7 nitrogen and oxygen atoms in total. The van der Waals surface area contributed by atoms with E-state index in [0.717, 1.165) is 10.9 Å². The Hall–Kier alpha value is -2.70. The van der Waals surface area contributed by atoms with Gasteiger partial charge in [-0.3, -0.25) is 15.1 Å². The van der Waals surface area contributed by atoms with Crippen LogP contribution in [0.1, 0.15) is 6.92 Å². The maximum absolute atomic E-state index is 11.5. The molecular formula is C13H14N4O3. The molecule has 2 amide bonds. The summed E-state index contributed by atoms with van der Waals surface area (Å²) >= 11 is 0. The Balaban J connectivity index is 1.88. The monoisotopic (exact) mass is 274 g/mol. The van der Waals surface area contributed by atoms with Crippen molar-refractivity contribution in [3.8, 4) is 0 Å². The zero-order valence-electron chi connectivity index (χ0n) is 10.9. The number of hydrogen-bond acceptors (Lipinski definition) is 5. The number of rotatable bonds is 4. The van der Waals surface area contributed by atoms with Gasteiger partial charge in [-0.1, -0.05) is 6.07 Å². The summed E-state index contributed by atoms with van der Waals surface area (Å²) in [5.41, 5.74) is 0.747. The van der Waals surface area contributed by atoms with E-state index in [1.54, 1.807) is 24.5 Å². The fourth-order valence-electron chi connectivity index (χ4n) is 1.55. The summed E-state index contributed by atoms with van der Waals surface area (Å²) in [6, 6.07) is 5.38. The number of hydrogen-bond donors (Lipinski definition) is 2. The van der Waals surface area contributed by atoms with Crippen LogP contribution in [0.4, 0.5) is 10.6 Å². The summed E-state index contributed by atoms with van der Waals surface area (Å²) in [6.07, 6.45) is 2.63. The highest BCUT2D eigenvalue weighted by Gasteiger charge is 2.05. The van der Waals surface area contributed by atoms with Crippen LogP contribution in [0.5, 0.6) is 0 Å². The van der Waals surface area contributed by atoms with Gasteiger partial charge in [-0.2, -0.15) is 0 Å². The van der Waals surface area contributed by atoms with E-state index in [4.69, 9.17) is 4.74 Å². The lowest BCUT2D eigenvalue weighted by atomic mass is 10.2. The average molecular weight is 274 g/mol. The zero-order chi connectivity index (χ0) is 14.4. The number of nitrogens with zero attached hydrogens (tertiary/aromatic N) is 2. The standard InChI is InChI=1S/C13H14N4O3/c1-9(18)14-5-6-20-13(19)17-12-7-10-3-2-4-15-11(10)8-16-12/h2-4,7-8H,5-6H2,1H3,(H,14,18)(H,16,17,19). The minimum Gasteiger partial charge on any atom is -0.447 e. The zero-order valence-corrected chi connectivity index (χ0v) is 10.9. The van der Waals surface area contributed by atoms with E-state index in [1.807, 2.05) is 6.07 Å². The number of nitrogens with one attached hydrogen (secondary N) is 2. The van der Waals surface area contributed by atoms with Crippen molar-refractivity contribution in [1.82, 2.24) is 15.3 Å². The minimum absolute atomic E-state index is 0.0978. The number of amides is 2. The molecular weight excluding hydrogens is 260 g/mol. The number of carbonyl (C=O) groups excluding carboxylic acids is 2. The molecule has 0 aliphatic carbocycles. The Bertz CT molecular complexity index is 630. The van der Waals surface area contributed by atoms with Crippen molar-refractivity contribution in [3.05, 3.63) is 30.6 Å². The summed E-state index contributed by atoms with van der Waals surface area (Å²) in [6.45, 7) is 1.77. The smallest absolute Gasteiger partial charge is 0.412 e. The van der Waals surface area contributed by atoms with Crippen molar-refractivity contribution >= 4 is 28.7 Å². The second kappa shape index (κ2) is 6.46. The first-order chi connectivity index (χ1) is 9.65. The van der Waals surface area contributed by atoms with Crippen molar-refractivity contribution in [2.24, 2.45) is 0 Å². The average Bonchev–Trinajstić information content (AvgIpc) is 2.43. The lowest BCUT2D eigenvalue weighted by Gasteiger charge is -2.07. The number of anilines is 1. The van der Waals surface area contributed by atoms with Crippen molar-refractivity contribution < 1.29 is 14.3 Å². The predicted octanol–water partition coefficient (Wildman–Crippen LogP) is 1.31. The molecule has 0 aliphatic heterocycles. The maximum atomic E-state index is 11.5. The molecule has 2 heterocycles. The molecule has 2 aromatic heterocycles. The van der Waals surface area contributed by atoms with Crippen molar-refractivity contribution in [1.29, 1.82) is 0 Å². The van der Waals surface area contributed by atoms with Crippen molar-refractivity contribution in [2.75, 3.05) is 18.5 Å². The summed E-state index contributed by atoms with van der Waals surface area (Å²) in [4.78, 5) is 30.3. The normalized spacial score (nSPS) is 10.1. The van der Waals surface area contributed by atoms with E-state index in [-0.39, 0.29) is 19.1 Å². The topological polar surface area (TPSA) is 93.2 Å². The fraction of sp³-hybridized carbons (Fsp3) is 0.231. The van der Waals surface area contributed by atoms with E-state index < -0.39 is 6.09 Å². The van der Waals surface area contributed by atoms with Gasteiger partial charge in [0.15, 0.2) is 0 Å². The van der Waals surface area contributed by atoms with E-state index in [9.17, 15) is 9.59 Å². The first-order valence-corrected chi connectivity index (χ1v) is 6.04. The molecule has 0 saturated heterocycles. The number of aromatic nitrogens is 2. The summed E-state index contributed by atoms with van der Waals surface area (Å²) in [7, 11) is 0. The molecule has 0 atom stereocenters. The third-order valence-electron chi connectivity index (χ3n) is 2.43. The molecule has 20 heavy (non-hydrogen) atoms. The van der Waals surface area contributed by atoms with Gasteiger partial charge in [0.1, 0.15) is 12.4 Å². The van der Waals surface area contributed by atoms with Gasteiger partial charge >= 0.3 is 6.09 Å². The molecule has 2 rings (SSSR count). The molecule has 0 unspecified atom stereocenters. The lowest BCUT2D eigenvalue weighted by Crippen LogP contribution is -2.26. The summed E-state index contributed by atoms with van der Waals surface area (Å²) < 4.78 is 4.89. The van der Waals surface area contributed by atoms with Crippen molar-refractivity contribution in [2.45, 2.75) is 6.92 Å². The Kier molecular flexibility index (Phi) is 4.43. The summed E-state index contributed by atoms with van der Waals surface area (Å²) in [5, 5.41) is 5.90. The second-order valence-corrected chi connectivity index (χ2v) is 4.01. The van der Waals surface area contributed by atoms with Gasteiger partial charge in [0.05, 0.1) is 18.3 Å². The quantitative estimate of drug-likeness (QED) is 0.820. The maximum Gasteiger partial charge on any atom is 0.412 e. The van der Waals surface area contributed by atoms with E-state index in [1.165, 1.54) is 6.92 Å². The highest BCUT2D eigenvalue weighted by molar-refractivity contribution is 5.87.